The highest BCUT2D eigenvalue weighted by molar-refractivity contribution is 6.31. The summed E-state index contributed by atoms with van der Waals surface area (Å²) in [4.78, 5) is 27.1. The topological polar surface area (TPSA) is 88.0 Å². The maximum atomic E-state index is 12.4. The second-order valence-corrected chi connectivity index (χ2v) is 5.57. The minimum atomic E-state index is -0.890. The summed E-state index contributed by atoms with van der Waals surface area (Å²) in [6.45, 7) is 0. The Kier molecular flexibility index (Phi) is 4.04. The van der Waals surface area contributed by atoms with Crippen LogP contribution in [-0.4, -0.2) is 16.8 Å². The number of nitrogens with one attached hydrogen (secondary N) is 2. The Bertz CT molecular complexity index is 874. The van der Waals surface area contributed by atoms with E-state index in [4.69, 9.17) is 17.3 Å². The first-order chi connectivity index (χ1) is 11.0. The molecule has 23 heavy (non-hydrogen) atoms. The molecule has 2 aromatic carbocycles. The van der Waals surface area contributed by atoms with Crippen LogP contribution in [0.15, 0.2) is 54.6 Å². The van der Waals surface area contributed by atoms with Gasteiger partial charge < -0.3 is 16.0 Å². The van der Waals surface area contributed by atoms with Crippen molar-refractivity contribution in [2.75, 3.05) is 0 Å². The van der Waals surface area contributed by atoms with Gasteiger partial charge in [0.25, 0.3) is 5.91 Å². The number of hydrogen-bond donors (Lipinski definition) is 3. The van der Waals surface area contributed by atoms with Crippen LogP contribution in [-0.2, 0) is 4.79 Å². The van der Waals surface area contributed by atoms with Gasteiger partial charge in [-0.15, -0.1) is 0 Å². The summed E-state index contributed by atoms with van der Waals surface area (Å²) in [7, 11) is 0. The van der Waals surface area contributed by atoms with Crippen LogP contribution in [0.5, 0.6) is 0 Å². The lowest BCUT2D eigenvalue weighted by Gasteiger charge is -2.15. The molecule has 0 aliphatic heterocycles. The van der Waals surface area contributed by atoms with Crippen LogP contribution in [0.3, 0.4) is 0 Å². The van der Waals surface area contributed by atoms with Gasteiger partial charge in [-0.05, 0) is 29.8 Å². The van der Waals surface area contributed by atoms with Gasteiger partial charge in [0, 0.05) is 15.9 Å². The molecule has 1 atom stereocenters. The number of carbonyl (C=O) groups is 2. The fraction of sp³-hybridized carbons (Fsp3) is 0.0588. The van der Waals surface area contributed by atoms with Gasteiger partial charge in [0.05, 0.1) is 0 Å². The quantitative estimate of drug-likeness (QED) is 0.688. The smallest absolute Gasteiger partial charge is 0.268 e. The standard InChI is InChI=1S/C17H14ClN3O2/c18-12-6-7-13-11(8-12)9-14(20-13)17(23)21-15(16(19)22)10-4-2-1-3-5-10/h1-9,15,20H,(H2,19,22)(H,21,23). The lowest BCUT2D eigenvalue weighted by atomic mass is 10.1. The normalized spacial score (nSPS) is 12.0. The second kappa shape index (κ2) is 6.14. The maximum Gasteiger partial charge on any atom is 0.268 e. The van der Waals surface area contributed by atoms with Crippen molar-refractivity contribution < 1.29 is 9.59 Å². The molecule has 1 heterocycles. The summed E-state index contributed by atoms with van der Waals surface area (Å²) in [5, 5.41) is 4.05. The Morgan fingerprint density at radius 1 is 1.09 bits per heavy atom. The number of halogens is 1. The third-order valence-corrected chi connectivity index (χ3v) is 3.76. The van der Waals surface area contributed by atoms with Gasteiger partial charge in [0.1, 0.15) is 11.7 Å². The number of aromatic nitrogens is 1. The van der Waals surface area contributed by atoms with E-state index in [0.29, 0.717) is 16.3 Å². The third-order valence-electron chi connectivity index (χ3n) is 3.52. The van der Waals surface area contributed by atoms with Gasteiger partial charge in [-0.3, -0.25) is 9.59 Å². The highest BCUT2D eigenvalue weighted by Crippen LogP contribution is 2.21. The average Bonchev–Trinajstić information content (AvgIpc) is 2.96. The van der Waals surface area contributed by atoms with Crippen molar-refractivity contribution in [1.29, 1.82) is 0 Å². The number of amides is 2. The monoisotopic (exact) mass is 327 g/mol. The van der Waals surface area contributed by atoms with Crippen LogP contribution in [0.1, 0.15) is 22.1 Å². The van der Waals surface area contributed by atoms with Crippen molar-refractivity contribution in [3.63, 3.8) is 0 Å². The molecule has 0 fully saturated rings. The summed E-state index contributed by atoms with van der Waals surface area (Å²) in [5.41, 5.74) is 7.17. The summed E-state index contributed by atoms with van der Waals surface area (Å²) in [6, 6.07) is 14.9. The number of benzene rings is 2. The molecule has 0 saturated heterocycles. The number of primary amides is 1. The highest BCUT2D eigenvalue weighted by Gasteiger charge is 2.21. The number of hydrogen-bond acceptors (Lipinski definition) is 2. The fourth-order valence-corrected chi connectivity index (χ4v) is 2.58. The van der Waals surface area contributed by atoms with Crippen molar-refractivity contribution in [2.45, 2.75) is 6.04 Å². The zero-order valence-electron chi connectivity index (χ0n) is 12.0. The van der Waals surface area contributed by atoms with E-state index in [2.05, 4.69) is 10.3 Å². The first kappa shape index (κ1) is 15.1. The molecule has 0 radical (unpaired) electrons. The lowest BCUT2D eigenvalue weighted by molar-refractivity contribution is -0.120. The number of nitrogens with two attached hydrogens (primary N) is 1. The van der Waals surface area contributed by atoms with Crippen LogP contribution in [0.25, 0.3) is 10.9 Å². The van der Waals surface area contributed by atoms with Crippen molar-refractivity contribution in [1.82, 2.24) is 10.3 Å². The van der Waals surface area contributed by atoms with Crippen LogP contribution in [0, 0.1) is 0 Å². The second-order valence-electron chi connectivity index (χ2n) is 5.13. The number of carbonyl (C=O) groups excluding carboxylic acids is 2. The van der Waals surface area contributed by atoms with E-state index >= 15 is 0 Å². The molecular formula is C17H14ClN3O2. The first-order valence-electron chi connectivity index (χ1n) is 6.98. The van der Waals surface area contributed by atoms with Crippen LogP contribution < -0.4 is 11.1 Å². The van der Waals surface area contributed by atoms with Gasteiger partial charge in [-0.2, -0.15) is 0 Å². The molecule has 3 aromatic rings. The van der Waals surface area contributed by atoms with E-state index in [0.717, 1.165) is 10.9 Å². The Balaban J connectivity index is 1.87. The predicted molar refractivity (Wildman–Crippen MR) is 89.2 cm³/mol. The number of H-pyrrole nitrogens is 1. The SMILES string of the molecule is NC(=O)C(NC(=O)c1cc2cc(Cl)ccc2[nH]1)c1ccccc1. The minimum absolute atomic E-state index is 0.337. The van der Waals surface area contributed by atoms with Crippen LogP contribution in [0.4, 0.5) is 0 Å². The average molecular weight is 328 g/mol. The molecule has 2 amide bonds. The van der Waals surface area contributed by atoms with E-state index in [-0.39, 0.29) is 0 Å². The summed E-state index contributed by atoms with van der Waals surface area (Å²) in [5.74, 6) is -1.03. The molecule has 3 rings (SSSR count). The Hall–Kier alpha value is -2.79. The molecule has 116 valence electrons. The molecule has 0 aliphatic carbocycles. The molecule has 1 unspecified atom stereocenters. The molecule has 0 spiro atoms. The van der Waals surface area contributed by atoms with Gasteiger partial charge in [-0.1, -0.05) is 41.9 Å². The van der Waals surface area contributed by atoms with Crippen molar-refractivity contribution in [3.05, 3.63) is 70.9 Å². The Morgan fingerprint density at radius 3 is 2.52 bits per heavy atom. The Morgan fingerprint density at radius 2 is 1.83 bits per heavy atom. The number of fused-ring (bicyclic) bond motifs is 1. The zero-order chi connectivity index (χ0) is 16.4. The molecule has 4 N–H and O–H groups in total. The number of aromatic amines is 1. The van der Waals surface area contributed by atoms with Gasteiger partial charge in [0.15, 0.2) is 0 Å². The lowest BCUT2D eigenvalue weighted by Crippen LogP contribution is -2.37. The Labute approximate surface area is 137 Å². The predicted octanol–water partition coefficient (Wildman–Crippen LogP) is 2.78. The molecule has 5 nitrogen and oxygen atoms in total. The molecular weight excluding hydrogens is 314 g/mol. The van der Waals surface area contributed by atoms with Gasteiger partial charge in [-0.25, -0.2) is 0 Å². The van der Waals surface area contributed by atoms with E-state index in [1.807, 2.05) is 6.07 Å². The van der Waals surface area contributed by atoms with E-state index in [1.54, 1.807) is 48.5 Å². The van der Waals surface area contributed by atoms with E-state index in [1.165, 1.54) is 0 Å². The third kappa shape index (κ3) is 3.19. The molecule has 0 saturated carbocycles. The largest absolute Gasteiger partial charge is 0.368 e. The summed E-state index contributed by atoms with van der Waals surface area (Å²) in [6.07, 6.45) is 0. The van der Waals surface area contributed by atoms with Crippen molar-refractivity contribution in [3.8, 4) is 0 Å². The molecule has 0 aliphatic rings. The van der Waals surface area contributed by atoms with Gasteiger partial charge >= 0.3 is 0 Å². The first-order valence-corrected chi connectivity index (χ1v) is 7.36. The van der Waals surface area contributed by atoms with Crippen molar-refractivity contribution >= 4 is 34.3 Å². The minimum Gasteiger partial charge on any atom is -0.368 e. The van der Waals surface area contributed by atoms with Crippen LogP contribution in [0.2, 0.25) is 5.02 Å². The maximum absolute atomic E-state index is 12.4. The summed E-state index contributed by atoms with van der Waals surface area (Å²) < 4.78 is 0. The van der Waals surface area contributed by atoms with Crippen molar-refractivity contribution in [2.24, 2.45) is 5.73 Å². The summed E-state index contributed by atoms with van der Waals surface area (Å²) >= 11 is 5.94. The van der Waals surface area contributed by atoms with Gasteiger partial charge in [0.2, 0.25) is 5.91 Å². The zero-order valence-corrected chi connectivity index (χ0v) is 12.8. The van der Waals surface area contributed by atoms with E-state index < -0.39 is 17.9 Å². The molecule has 6 heteroatoms. The molecule has 1 aromatic heterocycles. The number of rotatable bonds is 4. The highest BCUT2D eigenvalue weighted by atomic mass is 35.5. The fourth-order valence-electron chi connectivity index (χ4n) is 2.40. The molecule has 0 bridgehead atoms. The van der Waals surface area contributed by atoms with E-state index in [9.17, 15) is 9.59 Å². The van der Waals surface area contributed by atoms with Crippen LogP contribution >= 0.6 is 11.6 Å².